The van der Waals surface area contributed by atoms with E-state index in [0.717, 1.165) is 29.7 Å². The molecule has 1 saturated heterocycles. The first kappa shape index (κ1) is 13.3. The monoisotopic (exact) mass is 289 g/mol. The molecule has 2 aromatic rings. The van der Waals surface area contributed by atoms with Gasteiger partial charge in [-0.2, -0.15) is 0 Å². The quantitative estimate of drug-likeness (QED) is 0.941. The molecule has 0 amide bonds. The summed E-state index contributed by atoms with van der Waals surface area (Å²) >= 11 is 1.77. The lowest BCUT2D eigenvalue weighted by Crippen LogP contribution is -2.42. The van der Waals surface area contributed by atoms with Crippen molar-refractivity contribution in [3.63, 3.8) is 0 Å². The van der Waals surface area contributed by atoms with Crippen LogP contribution in [0.5, 0.6) is 0 Å². The van der Waals surface area contributed by atoms with E-state index >= 15 is 0 Å². The standard InChI is InChI=1S/C14H19N5S/c1-10-6-13(17-9-16-10)18-12-4-3-5-19(8-12)14-15-7-11(2)20-14/h6-7,9,12H,3-5,8H2,1-2H3,(H,16,17,18). The first-order chi connectivity index (χ1) is 9.70. The topological polar surface area (TPSA) is 53.9 Å². The van der Waals surface area contributed by atoms with Gasteiger partial charge >= 0.3 is 0 Å². The lowest BCUT2D eigenvalue weighted by molar-refractivity contribution is 0.528. The third-order valence-electron chi connectivity index (χ3n) is 3.46. The fourth-order valence-corrected chi connectivity index (χ4v) is 3.29. The molecule has 3 heterocycles. The molecular weight excluding hydrogens is 270 g/mol. The molecule has 0 spiro atoms. The normalized spacial score (nSPS) is 19.1. The van der Waals surface area contributed by atoms with E-state index in [4.69, 9.17) is 0 Å². The van der Waals surface area contributed by atoms with Gasteiger partial charge in [-0.3, -0.25) is 0 Å². The third kappa shape index (κ3) is 3.07. The minimum Gasteiger partial charge on any atom is -0.365 e. The first-order valence-electron chi connectivity index (χ1n) is 6.93. The number of hydrogen-bond acceptors (Lipinski definition) is 6. The molecule has 1 aliphatic rings. The number of nitrogens with zero attached hydrogens (tertiary/aromatic N) is 4. The van der Waals surface area contributed by atoms with Crippen LogP contribution in [0, 0.1) is 13.8 Å². The summed E-state index contributed by atoms with van der Waals surface area (Å²) in [7, 11) is 0. The highest BCUT2D eigenvalue weighted by atomic mass is 32.1. The molecule has 1 atom stereocenters. The fraction of sp³-hybridized carbons (Fsp3) is 0.500. The van der Waals surface area contributed by atoms with Crippen LogP contribution in [-0.4, -0.2) is 34.1 Å². The number of aromatic nitrogens is 3. The zero-order valence-corrected chi connectivity index (χ0v) is 12.7. The van der Waals surface area contributed by atoms with Crippen molar-refractivity contribution in [1.82, 2.24) is 15.0 Å². The van der Waals surface area contributed by atoms with E-state index < -0.39 is 0 Å². The second-order valence-corrected chi connectivity index (χ2v) is 6.44. The summed E-state index contributed by atoms with van der Waals surface area (Å²) in [5, 5.41) is 4.64. The number of hydrogen-bond donors (Lipinski definition) is 1. The average Bonchev–Trinajstić information content (AvgIpc) is 2.86. The molecule has 6 heteroatoms. The minimum absolute atomic E-state index is 0.419. The average molecular weight is 289 g/mol. The van der Waals surface area contributed by atoms with E-state index in [1.54, 1.807) is 17.7 Å². The molecule has 1 N–H and O–H groups in total. The van der Waals surface area contributed by atoms with Gasteiger partial charge in [0.05, 0.1) is 0 Å². The van der Waals surface area contributed by atoms with E-state index in [-0.39, 0.29) is 0 Å². The van der Waals surface area contributed by atoms with Crippen LogP contribution >= 0.6 is 11.3 Å². The molecule has 0 bridgehead atoms. The maximum absolute atomic E-state index is 4.49. The number of nitrogens with one attached hydrogen (secondary N) is 1. The van der Waals surface area contributed by atoms with Gasteiger partial charge in [-0.25, -0.2) is 15.0 Å². The zero-order valence-electron chi connectivity index (χ0n) is 11.8. The van der Waals surface area contributed by atoms with Crippen LogP contribution in [0.2, 0.25) is 0 Å². The third-order valence-corrected chi connectivity index (χ3v) is 4.43. The van der Waals surface area contributed by atoms with Gasteiger partial charge in [0.15, 0.2) is 5.13 Å². The number of rotatable bonds is 3. The summed E-state index contributed by atoms with van der Waals surface area (Å²) in [6.45, 7) is 6.16. The predicted octanol–water partition coefficient (Wildman–Crippen LogP) is 2.63. The SMILES string of the molecule is Cc1cc(NC2CCCN(c3ncc(C)s3)C2)ncn1. The molecule has 0 saturated carbocycles. The number of piperidine rings is 1. The van der Waals surface area contributed by atoms with Crippen LogP contribution < -0.4 is 10.2 Å². The Hall–Kier alpha value is -1.69. The zero-order chi connectivity index (χ0) is 13.9. The molecule has 5 nitrogen and oxygen atoms in total. The summed E-state index contributed by atoms with van der Waals surface area (Å²) in [5.74, 6) is 0.916. The highest BCUT2D eigenvalue weighted by Crippen LogP contribution is 2.25. The summed E-state index contributed by atoms with van der Waals surface area (Å²) in [6.07, 6.45) is 5.91. The molecule has 0 aliphatic carbocycles. The Bertz CT molecular complexity index is 582. The lowest BCUT2D eigenvalue weighted by atomic mass is 10.1. The highest BCUT2D eigenvalue weighted by molar-refractivity contribution is 7.15. The van der Waals surface area contributed by atoms with Crippen molar-refractivity contribution >= 4 is 22.3 Å². The Morgan fingerprint density at radius 2 is 2.20 bits per heavy atom. The van der Waals surface area contributed by atoms with Gasteiger partial charge < -0.3 is 10.2 Å². The van der Waals surface area contributed by atoms with E-state index in [9.17, 15) is 0 Å². The van der Waals surface area contributed by atoms with Gasteiger partial charge in [-0.1, -0.05) is 0 Å². The molecule has 2 aromatic heterocycles. The lowest BCUT2D eigenvalue weighted by Gasteiger charge is -2.33. The molecule has 0 aromatic carbocycles. The molecule has 1 aliphatic heterocycles. The van der Waals surface area contributed by atoms with Crippen LogP contribution in [-0.2, 0) is 0 Å². The molecule has 1 unspecified atom stereocenters. The second kappa shape index (κ2) is 5.75. The Labute approximate surface area is 123 Å². The Balaban J connectivity index is 1.66. The maximum Gasteiger partial charge on any atom is 0.185 e. The largest absolute Gasteiger partial charge is 0.365 e. The van der Waals surface area contributed by atoms with Crippen LogP contribution in [0.3, 0.4) is 0 Å². The van der Waals surface area contributed by atoms with E-state index in [2.05, 4.69) is 32.1 Å². The molecule has 3 rings (SSSR count). The van der Waals surface area contributed by atoms with Crippen LogP contribution in [0.15, 0.2) is 18.6 Å². The van der Waals surface area contributed by atoms with Gasteiger partial charge in [0.1, 0.15) is 12.1 Å². The van der Waals surface area contributed by atoms with Gasteiger partial charge in [-0.15, -0.1) is 11.3 Å². The van der Waals surface area contributed by atoms with Crippen molar-refractivity contribution in [3.8, 4) is 0 Å². The van der Waals surface area contributed by atoms with Crippen LogP contribution in [0.4, 0.5) is 10.9 Å². The Morgan fingerprint density at radius 1 is 1.30 bits per heavy atom. The van der Waals surface area contributed by atoms with Crippen molar-refractivity contribution in [2.75, 3.05) is 23.3 Å². The van der Waals surface area contributed by atoms with Crippen molar-refractivity contribution < 1.29 is 0 Å². The number of thiazole rings is 1. The van der Waals surface area contributed by atoms with Crippen molar-refractivity contribution in [1.29, 1.82) is 0 Å². The summed E-state index contributed by atoms with van der Waals surface area (Å²) in [6, 6.07) is 2.41. The smallest absolute Gasteiger partial charge is 0.185 e. The Morgan fingerprint density at radius 3 is 2.95 bits per heavy atom. The van der Waals surface area contributed by atoms with Gasteiger partial charge in [-0.05, 0) is 26.7 Å². The first-order valence-corrected chi connectivity index (χ1v) is 7.75. The Kier molecular flexibility index (Phi) is 3.82. The minimum atomic E-state index is 0.419. The predicted molar refractivity (Wildman–Crippen MR) is 82.5 cm³/mol. The van der Waals surface area contributed by atoms with E-state index in [1.807, 2.05) is 19.2 Å². The van der Waals surface area contributed by atoms with Gasteiger partial charge in [0.2, 0.25) is 0 Å². The molecule has 106 valence electrons. The van der Waals surface area contributed by atoms with Crippen LogP contribution in [0.25, 0.3) is 0 Å². The van der Waals surface area contributed by atoms with Crippen molar-refractivity contribution in [2.24, 2.45) is 0 Å². The van der Waals surface area contributed by atoms with Crippen molar-refractivity contribution in [2.45, 2.75) is 32.7 Å². The number of aryl methyl sites for hydroxylation is 2. The molecular formula is C14H19N5S. The van der Waals surface area contributed by atoms with E-state index in [0.29, 0.717) is 6.04 Å². The van der Waals surface area contributed by atoms with Crippen molar-refractivity contribution in [3.05, 3.63) is 29.2 Å². The summed E-state index contributed by atoms with van der Waals surface area (Å²) in [4.78, 5) is 16.5. The van der Waals surface area contributed by atoms with Crippen LogP contribution in [0.1, 0.15) is 23.4 Å². The van der Waals surface area contributed by atoms with Gasteiger partial charge in [0, 0.05) is 42.0 Å². The van der Waals surface area contributed by atoms with E-state index in [1.165, 1.54) is 17.7 Å². The molecule has 1 fully saturated rings. The van der Waals surface area contributed by atoms with Gasteiger partial charge in [0.25, 0.3) is 0 Å². The second-order valence-electron chi connectivity index (χ2n) is 5.23. The number of anilines is 2. The summed E-state index contributed by atoms with van der Waals surface area (Å²) in [5.41, 5.74) is 0.991. The summed E-state index contributed by atoms with van der Waals surface area (Å²) < 4.78 is 0. The molecule has 0 radical (unpaired) electrons. The maximum atomic E-state index is 4.49. The highest BCUT2D eigenvalue weighted by Gasteiger charge is 2.22. The molecule has 20 heavy (non-hydrogen) atoms. The fourth-order valence-electron chi connectivity index (χ4n) is 2.50.